The number of H-pyrrole nitrogens is 1. The molecule has 0 unspecified atom stereocenters. The van der Waals surface area contributed by atoms with Crippen molar-refractivity contribution in [3.05, 3.63) is 71.8 Å². The van der Waals surface area contributed by atoms with E-state index in [1.54, 1.807) is 0 Å². The Hall–Kier alpha value is -3.31. The number of fused-ring (bicyclic) bond motifs is 1. The topological polar surface area (TPSA) is 64.2 Å². The van der Waals surface area contributed by atoms with Crippen LogP contribution in [0.25, 0.3) is 33.3 Å². The van der Waals surface area contributed by atoms with E-state index in [-0.39, 0.29) is 6.61 Å². The maximum absolute atomic E-state index is 10.6. The van der Waals surface area contributed by atoms with Gasteiger partial charge in [-0.05, 0) is 41.7 Å². The minimum atomic E-state index is -0.496. The Morgan fingerprint density at radius 1 is 1.00 bits per heavy atom. The summed E-state index contributed by atoms with van der Waals surface area (Å²) in [6.45, 7) is 0.761. The molecule has 5 rings (SSSR count). The fraction of sp³-hybridized carbons (Fsp3) is 0.167. The molecule has 3 aromatic carbocycles. The molecule has 6 heteroatoms. The number of carbonyl (C=O) groups is 1. The first-order valence-electron chi connectivity index (χ1n) is 9.75. The van der Waals surface area contributed by atoms with Gasteiger partial charge in [0.15, 0.2) is 0 Å². The van der Waals surface area contributed by atoms with Crippen LogP contribution in [0.3, 0.4) is 0 Å². The summed E-state index contributed by atoms with van der Waals surface area (Å²) in [4.78, 5) is 18.3. The van der Waals surface area contributed by atoms with E-state index >= 15 is 0 Å². The second-order valence-electron chi connectivity index (χ2n) is 7.52. The minimum Gasteiger partial charge on any atom is -0.461 e. The highest BCUT2D eigenvalue weighted by Crippen LogP contribution is 2.39. The van der Waals surface area contributed by atoms with Crippen LogP contribution in [0.15, 0.2) is 66.7 Å². The second kappa shape index (κ2) is 7.50. The first kappa shape index (κ1) is 18.7. The van der Waals surface area contributed by atoms with Crippen molar-refractivity contribution in [2.24, 2.45) is 0 Å². The van der Waals surface area contributed by atoms with E-state index in [9.17, 15) is 4.79 Å². The van der Waals surface area contributed by atoms with Crippen LogP contribution in [0.5, 0.6) is 6.01 Å². The summed E-state index contributed by atoms with van der Waals surface area (Å²) in [5, 5.41) is 0.633. The van der Waals surface area contributed by atoms with Gasteiger partial charge >= 0.3 is 0 Å². The molecular formula is C24H19ClN2O3. The Kier molecular flexibility index (Phi) is 4.68. The van der Waals surface area contributed by atoms with Gasteiger partial charge in [0, 0.05) is 5.56 Å². The summed E-state index contributed by atoms with van der Waals surface area (Å²) in [5.74, 6) is 0. The van der Waals surface area contributed by atoms with Gasteiger partial charge in [-0.15, -0.1) is 0 Å². The van der Waals surface area contributed by atoms with Gasteiger partial charge in [-0.3, -0.25) is 4.79 Å². The molecule has 1 aliphatic rings. The molecule has 0 atom stereocenters. The number of nitrogens with one attached hydrogen (secondary N) is 1. The molecule has 30 heavy (non-hydrogen) atoms. The van der Waals surface area contributed by atoms with Crippen LogP contribution >= 0.6 is 11.6 Å². The molecule has 0 saturated heterocycles. The number of halogens is 1. The average Bonchev–Trinajstić information content (AvgIpc) is 3.43. The van der Waals surface area contributed by atoms with E-state index in [1.165, 1.54) is 5.56 Å². The van der Waals surface area contributed by atoms with Gasteiger partial charge < -0.3 is 14.5 Å². The highest BCUT2D eigenvalue weighted by Gasteiger charge is 2.46. The molecule has 1 heterocycles. The predicted molar refractivity (Wildman–Crippen MR) is 117 cm³/mol. The van der Waals surface area contributed by atoms with E-state index in [2.05, 4.69) is 46.4 Å². The first-order chi connectivity index (χ1) is 14.7. The SMILES string of the molecule is O=COC1(COc2nc3cc(-c4ccc(-c5ccccc5)cc4)c(Cl)cc3[nH]2)CC1. The average molecular weight is 419 g/mol. The molecule has 0 radical (unpaired) electrons. The summed E-state index contributed by atoms with van der Waals surface area (Å²) in [6, 6.07) is 22.7. The molecule has 1 aromatic heterocycles. The number of nitrogens with zero attached hydrogens (tertiary/aromatic N) is 1. The van der Waals surface area contributed by atoms with Crippen LogP contribution in [0.4, 0.5) is 0 Å². The van der Waals surface area contributed by atoms with Crippen molar-refractivity contribution in [2.75, 3.05) is 6.61 Å². The zero-order valence-corrected chi connectivity index (χ0v) is 16.9. The van der Waals surface area contributed by atoms with Gasteiger partial charge in [0.1, 0.15) is 12.2 Å². The largest absolute Gasteiger partial charge is 0.461 e. The maximum Gasteiger partial charge on any atom is 0.294 e. The Balaban J connectivity index is 1.39. The first-order valence-corrected chi connectivity index (χ1v) is 10.1. The Bertz CT molecular complexity index is 1200. The predicted octanol–water partition coefficient (Wildman–Crippen LogP) is 5.63. The molecular weight excluding hydrogens is 400 g/mol. The van der Waals surface area contributed by atoms with Crippen LogP contribution in [0.1, 0.15) is 12.8 Å². The highest BCUT2D eigenvalue weighted by atomic mass is 35.5. The van der Waals surface area contributed by atoms with Gasteiger partial charge in [0.05, 0.1) is 16.1 Å². The maximum atomic E-state index is 10.6. The van der Waals surface area contributed by atoms with Crippen LogP contribution in [-0.4, -0.2) is 28.6 Å². The fourth-order valence-corrected chi connectivity index (χ4v) is 3.78. The quantitative estimate of drug-likeness (QED) is 0.395. The van der Waals surface area contributed by atoms with Gasteiger partial charge in [0.2, 0.25) is 0 Å². The van der Waals surface area contributed by atoms with E-state index in [4.69, 9.17) is 21.1 Å². The number of ether oxygens (including phenoxy) is 2. The molecule has 0 aliphatic heterocycles. The summed E-state index contributed by atoms with van der Waals surface area (Å²) >= 11 is 6.56. The lowest BCUT2D eigenvalue weighted by molar-refractivity contribution is -0.137. The number of carbonyl (C=O) groups excluding carboxylic acids is 1. The van der Waals surface area contributed by atoms with E-state index in [0.717, 1.165) is 40.6 Å². The number of aromatic nitrogens is 2. The zero-order chi connectivity index (χ0) is 20.6. The van der Waals surface area contributed by atoms with Crippen LogP contribution in [0.2, 0.25) is 5.02 Å². The third kappa shape index (κ3) is 3.64. The number of hydrogen-bond donors (Lipinski definition) is 1. The van der Waals surface area contributed by atoms with Gasteiger partial charge in [-0.1, -0.05) is 66.2 Å². The van der Waals surface area contributed by atoms with E-state index < -0.39 is 5.60 Å². The summed E-state index contributed by atoms with van der Waals surface area (Å²) < 4.78 is 10.8. The number of benzene rings is 3. The van der Waals surface area contributed by atoms with Crippen LogP contribution in [0, 0.1) is 0 Å². The number of imidazole rings is 1. The van der Waals surface area contributed by atoms with Crippen molar-refractivity contribution in [1.29, 1.82) is 0 Å². The molecule has 4 aromatic rings. The van der Waals surface area contributed by atoms with Crippen molar-refractivity contribution in [1.82, 2.24) is 9.97 Å². The summed E-state index contributed by atoms with van der Waals surface area (Å²) in [7, 11) is 0. The van der Waals surface area contributed by atoms with Crippen molar-refractivity contribution in [3.63, 3.8) is 0 Å². The van der Waals surface area contributed by atoms with E-state index in [1.807, 2.05) is 30.3 Å². The summed E-state index contributed by atoms with van der Waals surface area (Å²) in [5.41, 5.74) is 5.31. The molecule has 5 nitrogen and oxygen atoms in total. The van der Waals surface area contributed by atoms with Crippen molar-refractivity contribution >= 4 is 29.1 Å². The number of aromatic amines is 1. The van der Waals surface area contributed by atoms with Crippen LogP contribution < -0.4 is 4.74 Å². The van der Waals surface area contributed by atoms with Gasteiger partial charge in [0.25, 0.3) is 12.5 Å². The molecule has 1 aliphatic carbocycles. The van der Waals surface area contributed by atoms with Gasteiger partial charge in [-0.2, -0.15) is 4.98 Å². The molecule has 150 valence electrons. The number of rotatable bonds is 7. The zero-order valence-electron chi connectivity index (χ0n) is 16.1. The molecule has 0 amide bonds. The summed E-state index contributed by atoms with van der Waals surface area (Å²) in [6.07, 6.45) is 1.61. The molecule has 0 bridgehead atoms. The van der Waals surface area contributed by atoms with Crippen LogP contribution in [-0.2, 0) is 9.53 Å². The fourth-order valence-electron chi connectivity index (χ4n) is 3.51. The van der Waals surface area contributed by atoms with Crippen molar-refractivity contribution < 1.29 is 14.3 Å². The Labute approximate surface area is 178 Å². The monoisotopic (exact) mass is 418 g/mol. The lowest BCUT2D eigenvalue weighted by Crippen LogP contribution is -2.23. The Morgan fingerprint density at radius 2 is 1.70 bits per heavy atom. The number of hydrogen-bond acceptors (Lipinski definition) is 4. The van der Waals surface area contributed by atoms with Crippen molar-refractivity contribution in [3.8, 4) is 28.3 Å². The second-order valence-corrected chi connectivity index (χ2v) is 7.93. The normalized spacial score (nSPS) is 14.4. The molecule has 0 spiro atoms. The van der Waals surface area contributed by atoms with Crippen molar-refractivity contribution in [2.45, 2.75) is 18.4 Å². The lowest BCUT2D eigenvalue weighted by atomic mass is 10.00. The smallest absolute Gasteiger partial charge is 0.294 e. The molecule has 1 N–H and O–H groups in total. The lowest BCUT2D eigenvalue weighted by Gasteiger charge is -2.12. The highest BCUT2D eigenvalue weighted by molar-refractivity contribution is 6.34. The van der Waals surface area contributed by atoms with E-state index in [0.29, 0.717) is 17.5 Å². The Morgan fingerprint density at radius 3 is 2.40 bits per heavy atom. The standard InChI is InChI=1S/C24H19ClN2O3/c25-20-13-22-21(26-23(27-22)29-14-24(10-11-24)30-15-28)12-19(20)18-8-6-17(7-9-18)16-4-2-1-3-5-16/h1-9,12-13,15H,10-11,14H2,(H,26,27). The minimum absolute atomic E-state index is 0.285. The van der Waals surface area contributed by atoms with Gasteiger partial charge in [-0.25, -0.2) is 0 Å². The molecule has 1 fully saturated rings. The third-order valence-electron chi connectivity index (χ3n) is 5.43. The molecule has 1 saturated carbocycles. The third-order valence-corrected chi connectivity index (χ3v) is 5.74.